The van der Waals surface area contributed by atoms with Gasteiger partial charge in [0.15, 0.2) is 5.11 Å². The molecule has 1 aliphatic rings. The first-order valence-electron chi connectivity index (χ1n) is 10.5. The largest absolute Gasteiger partial charge is 0.497 e. The minimum Gasteiger partial charge on any atom is -0.497 e. The Balaban J connectivity index is 1.74. The number of ether oxygens (including phenoxy) is 2. The lowest BCUT2D eigenvalue weighted by Crippen LogP contribution is -2.43. The molecule has 2 heterocycles. The summed E-state index contributed by atoms with van der Waals surface area (Å²) in [6, 6.07) is 7.63. The van der Waals surface area contributed by atoms with Crippen molar-refractivity contribution in [2.45, 2.75) is 31.9 Å². The van der Waals surface area contributed by atoms with Crippen molar-refractivity contribution in [1.29, 1.82) is 0 Å². The molecule has 3 rings (SSSR count). The molecule has 1 aliphatic heterocycles. The van der Waals surface area contributed by atoms with Crippen LogP contribution in [0.15, 0.2) is 29.1 Å². The molecule has 1 fully saturated rings. The molecule has 2 N–H and O–H groups in total. The number of nitrogens with one attached hydrogen (secondary N) is 2. The van der Waals surface area contributed by atoms with E-state index in [0.29, 0.717) is 23.8 Å². The zero-order chi connectivity index (χ0) is 21.5. The summed E-state index contributed by atoms with van der Waals surface area (Å²) in [5.74, 6) is 0.718. The minimum atomic E-state index is -0.102. The lowest BCUT2D eigenvalue weighted by atomic mass is 10.1. The van der Waals surface area contributed by atoms with Crippen LogP contribution < -0.4 is 15.6 Å². The smallest absolute Gasteiger partial charge is 0.253 e. The van der Waals surface area contributed by atoms with Crippen molar-refractivity contribution in [1.82, 2.24) is 20.1 Å². The minimum absolute atomic E-state index is 0.102. The van der Waals surface area contributed by atoms with E-state index in [0.717, 1.165) is 55.6 Å². The van der Waals surface area contributed by atoms with Gasteiger partial charge in [-0.25, -0.2) is 0 Å². The molecule has 0 bridgehead atoms. The SMILES string of the molecule is COc1ccc2cc(CN(CCCN(C)C)C(=S)NCC3CCCO3)c(=O)[nH]c2c1. The standard InChI is InChI=1S/C22H32N4O3S/c1-25(2)9-5-10-26(22(30)23-14-19-6-4-11-29-19)15-17-12-16-7-8-18(28-3)13-20(16)24-21(17)27/h7-8,12-13,19H,4-6,9-11,14-15H2,1-3H3,(H,23,30)(H,24,27). The van der Waals surface area contributed by atoms with E-state index >= 15 is 0 Å². The van der Waals surface area contributed by atoms with Crippen molar-refractivity contribution >= 4 is 28.2 Å². The summed E-state index contributed by atoms with van der Waals surface area (Å²) in [6.45, 7) is 3.72. The number of rotatable bonds is 9. The predicted octanol–water partition coefficient (Wildman–Crippen LogP) is 2.34. The van der Waals surface area contributed by atoms with Crippen LogP contribution >= 0.6 is 12.2 Å². The van der Waals surface area contributed by atoms with Gasteiger partial charge in [-0.3, -0.25) is 4.79 Å². The number of fused-ring (bicyclic) bond motifs is 1. The first-order valence-corrected chi connectivity index (χ1v) is 10.9. The summed E-state index contributed by atoms with van der Waals surface area (Å²) in [7, 11) is 5.73. The average molecular weight is 433 g/mol. The summed E-state index contributed by atoms with van der Waals surface area (Å²) in [6.07, 6.45) is 3.33. The van der Waals surface area contributed by atoms with Crippen LogP contribution in [0.4, 0.5) is 0 Å². The number of thiocarbonyl (C=S) groups is 1. The van der Waals surface area contributed by atoms with E-state index in [4.69, 9.17) is 21.7 Å². The van der Waals surface area contributed by atoms with Gasteiger partial charge in [-0.2, -0.15) is 0 Å². The highest BCUT2D eigenvalue weighted by Gasteiger charge is 2.18. The highest BCUT2D eigenvalue weighted by Crippen LogP contribution is 2.19. The van der Waals surface area contributed by atoms with Gasteiger partial charge in [0.05, 0.1) is 25.3 Å². The molecule has 1 aromatic carbocycles. The normalized spacial score (nSPS) is 16.2. The van der Waals surface area contributed by atoms with Crippen LogP contribution in [0.2, 0.25) is 0 Å². The molecule has 30 heavy (non-hydrogen) atoms. The number of nitrogens with zero attached hydrogens (tertiary/aromatic N) is 2. The molecular weight excluding hydrogens is 400 g/mol. The summed E-state index contributed by atoms with van der Waals surface area (Å²) < 4.78 is 10.9. The van der Waals surface area contributed by atoms with E-state index in [-0.39, 0.29) is 11.7 Å². The Labute approximate surface area is 183 Å². The molecule has 164 valence electrons. The van der Waals surface area contributed by atoms with Gasteiger partial charge in [0.1, 0.15) is 5.75 Å². The number of hydrogen-bond acceptors (Lipinski definition) is 5. The van der Waals surface area contributed by atoms with Crippen molar-refractivity contribution in [2.75, 3.05) is 47.4 Å². The van der Waals surface area contributed by atoms with Gasteiger partial charge in [-0.15, -0.1) is 0 Å². The lowest BCUT2D eigenvalue weighted by Gasteiger charge is -2.27. The maximum absolute atomic E-state index is 12.7. The maximum atomic E-state index is 12.7. The molecule has 2 aromatic rings. The fourth-order valence-electron chi connectivity index (χ4n) is 3.62. The Kier molecular flexibility index (Phi) is 8.07. The molecule has 0 aliphatic carbocycles. The number of benzene rings is 1. The van der Waals surface area contributed by atoms with Gasteiger partial charge < -0.3 is 29.6 Å². The highest BCUT2D eigenvalue weighted by molar-refractivity contribution is 7.80. The highest BCUT2D eigenvalue weighted by atomic mass is 32.1. The second-order valence-electron chi connectivity index (χ2n) is 7.98. The Bertz CT molecular complexity index is 909. The zero-order valence-electron chi connectivity index (χ0n) is 18.1. The van der Waals surface area contributed by atoms with Gasteiger partial charge >= 0.3 is 0 Å². The van der Waals surface area contributed by atoms with Gasteiger partial charge in [-0.1, -0.05) is 0 Å². The molecular formula is C22H32N4O3S. The quantitative estimate of drug-likeness (QED) is 0.590. The summed E-state index contributed by atoms with van der Waals surface area (Å²) in [5, 5.41) is 4.98. The fraction of sp³-hybridized carbons (Fsp3) is 0.545. The molecule has 1 unspecified atom stereocenters. The second-order valence-corrected chi connectivity index (χ2v) is 8.36. The fourth-order valence-corrected chi connectivity index (χ4v) is 3.86. The molecule has 8 heteroatoms. The van der Waals surface area contributed by atoms with Crippen LogP contribution in [0, 0.1) is 0 Å². The van der Waals surface area contributed by atoms with E-state index < -0.39 is 0 Å². The predicted molar refractivity (Wildman–Crippen MR) is 124 cm³/mol. The molecule has 7 nitrogen and oxygen atoms in total. The van der Waals surface area contributed by atoms with Crippen LogP contribution in [0.1, 0.15) is 24.8 Å². The summed E-state index contributed by atoms with van der Waals surface area (Å²) in [5.41, 5.74) is 1.36. The molecule has 1 atom stereocenters. The van der Waals surface area contributed by atoms with Crippen molar-refractivity contribution < 1.29 is 9.47 Å². The first-order chi connectivity index (χ1) is 14.5. The third kappa shape index (κ3) is 6.17. The summed E-state index contributed by atoms with van der Waals surface area (Å²) >= 11 is 5.68. The van der Waals surface area contributed by atoms with Gasteiger partial charge in [-0.05, 0) is 75.7 Å². The Morgan fingerprint density at radius 3 is 2.87 bits per heavy atom. The molecule has 0 spiro atoms. The number of hydrogen-bond donors (Lipinski definition) is 2. The van der Waals surface area contributed by atoms with E-state index in [9.17, 15) is 4.79 Å². The van der Waals surface area contributed by atoms with Crippen LogP contribution in [-0.2, 0) is 11.3 Å². The average Bonchev–Trinajstić information content (AvgIpc) is 3.24. The van der Waals surface area contributed by atoms with E-state index in [1.165, 1.54) is 0 Å². The molecule has 0 saturated carbocycles. The Hall–Kier alpha value is -2.16. The maximum Gasteiger partial charge on any atom is 0.253 e. The van der Waals surface area contributed by atoms with Crippen molar-refractivity contribution in [3.63, 3.8) is 0 Å². The zero-order valence-corrected chi connectivity index (χ0v) is 18.9. The molecule has 0 amide bonds. The Morgan fingerprint density at radius 1 is 1.33 bits per heavy atom. The first kappa shape index (κ1) is 22.5. The third-order valence-corrected chi connectivity index (χ3v) is 5.72. The number of methoxy groups -OCH3 is 1. The van der Waals surface area contributed by atoms with Crippen molar-refractivity contribution in [3.8, 4) is 5.75 Å². The van der Waals surface area contributed by atoms with Crippen LogP contribution in [0.3, 0.4) is 0 Å². The number of H-pyrrole nitrogens is 1. The van der Waals surface area contributed by atoms with E-state index in [2.05, 4.69) is 34.2 Å². The van der Waals surface area contributed by atoms with Crippen LogP contribution in [-0.4, -0.2) is 73.4 Å². The van der Waals surface area contributed by atoms with Crippen molar-refractivity contribution in [3.05, 3.63) is 40.2 Å². The number of aromatic amines is 1. The van der Waals surface area contributed by atoms with Gasteiger partial charge in [0.2, 0.25) is 0 Å². The topological polar surface area (TPSA) is 69.8 Å². The number of pyridine rings is 1. The summed E-state index contributed by atoms with van der Waals surface area (Å²) in [4.78, 5) is 19.9. The van der Waals surface area contributed by atoms with Gasteiger partial charge in [0, 0.05) is 31.3 Å². The number of aromatic nitrogens is 1. The third-order valence-electron chi connectivity index (χ3n) is 5.32. The molecule has 1 saturated heterocycles. The molecule has 1 aromatic heterocycles. The van der Waals surface area contributed by atoms with Crippen molar-refractivity contribution in [2.24, 2.45) is 0 Å². The van der Waals surface area contributed by atoms with Crippen LogP contribution in [0.25, 0.3) is 10.9 Å². The monoisotopic (exact) mass is 432 g/mol. The lowest BCUT2D eigenvalue weighted by molar-refractivity contribution is 0.113. The Morgan fingerprint density at radius 2 is 2.17 bits per heavy atom. The molecule has 0 radical (unpaired) electrons. The van der Waals surface area contributed by atoms with Gasteiger partial charge in [0.25, 0.3) is 5.56 Å². The van der Waals surface area contributed by atoms with E-state index in [1.54, 1.807) is 7.11 Å². The second kappa shape index (κ2) is 10.7. The van der Waals surface area contributed by atoms with E-state index in [1.807, 2.05) is 24.3 Å². The van der Waals surface area contributed by atoms with Crippen LogP contribution in [0.5, 0.6) is 5.75 Å².